The summed E-state index contributed by atoms with van der Waals surface area (Å²) in [7, 11) is 0. The molecule has 0 aliphatic heterocycles. The normalized spacial score (nSPS) is 13.6. The molecule has 114 valence electrons. The summed E-state index contributed by atoms with van der Waals surface area (Å²) < 4.78 is 0. The van der Waals surface area contributed by atoms with E-state index in [2.05, 4.69) is 10.3 Å². The summed E-state index contributed by atoms with van der Waals surface area (Å²) in [5.74, 6) is 0.545. The molecule has 1 atom stereocenters. The van der Waals surface area contributed by atoms with Crippen molar-refractivity contribution in [3.05, 3.63) is 33.8 Å². The molecule has 0 heterocycles. The van der Waals surface area contributed by atoms with Gasteiger partial charge in [-0.05, 0) is 38.5 Å². The quantitative estimate of drug-likeness (QED) is 0.424. The maximum atomic E-state index is 6.17. The lowest BCUT2D eigenvalue weighted by Gasteiger charge is -2.21. The lowest BCUT2D eigenvalue weighted by Crippen LogP contribution is -2.45. The van der Waals surface area contributed by atoms with Crippen LogP contribution in [0.25, 0.3) is 0 Å². The first-order valence-electron chi connectivity index (χ1n) is 6.22. The molecule has 6 heteroatoms. The molecule has 0 aliphatic rings. The number of hydrogen-bond donors (Lipinski definition) is 2. The minimum atomic E-state index is -0.0984. The van der Waals surface area contributed by atoms with Gasteiger partial charge in [-0.25, -0.2) is 0 Å². The van der Waals surface area contributed by atoms with Crippen LogP contribution in [-0.2, 0) is 0 Å². The third kappa shape index (κ3) is 6.50. The second-order valence-corrected chi connectivity index (χ2v) is 6.45. The van der Waals surface area contributed by atoms with Gasteiger partial charge in [0.2, 0.25) is 0 Å². The van der Waals surface area contributed by atoms with Crippen molar-refractivity contribution in [1.82, 2.24) is 5.32 Å². The molecule has 20 heavy (non-hydrogen) atoms. The van der Waals surface area contributed by atoms with Gasteiger partial charge in [-0.3, -0.25) is 4.99 Å². The number of nitrogens with two attached hydrogens (primary N) is 1. The van der Waals surface area contributed by atoms with E-state index < -0.39 is 0 Å². The van der Waals surface area contributed by atoms with Crippen molar-refractivity contribution in [2.24, 2.45) is 10.7 Å². The van der Waals surface area contributed by atoms with E-state index >= 15 is 0 Å². The van der Waals surface area contributed by atoms with Crippen LogP contribution in [0.2, 0.25) is 10.0 Å². The maximum absolute atomic E-state index is 6.17. The predicted octanol–water partition coefficient (Wildman–Crippen LogP) is 4.42. The molecule has 0 fully saturated rings. The summed E-state index contributed by atoms with van der Waals surface area (Å²) in [4.78, 5) is 4.33. The summed E-state index contributed by atoms with van der Waals surface area (Å²) in [6, 6.07) is 5.50. The van der Waals surface area contributed by atoms with Crippen LogP contribution in [0.5, 0.6) is 0 Å². The number of hydrogen-bond acceptors (Lipinski definition) is 1. The van der Waals surface area contributed by atoms with Gasteiger partial charge in [-0.2, -0.15) is 0 Å². The van der Waals surface area contributed by atoms with E-state index in [1.54, 1.807) is 0 Å². The van der Waals surface area contributed by atoms with Crippen LogP contribution in [-0.4, -0.2) is 18.0 Å². The molecule has 3 nitrogen and oxygen atoms in total. The fourth-order valence-electron chi connectivity index (χ4n) is 1.73. The SMILES string of the molecule is CC(CN=C(N)NC(C)(C)C)c1c(Cl)cccc1Cl.I. The van der Waals surface area contributed by atoms with Crippen molar-refractivity contribution in [2.75, 3.05) is 6.54 Å². The molecule has 1 aromatic carbocycles. The minimum Gasteiger partial charge on any atom is -0.370 e. The summed E-state index contributed by atoms with van der Waals surface area (Å²) >= 11 is 12.3. The van der Waals surface area contributed by atoms with Crippen LogP contribution in [0.15, 0.2) is 23.2 Å². The van der Waals surface area contributed by atoms with E-state index in [0.717, 1.165) is 5.56 Å². The van der Waals surface area contributed by atoms with E-state index in [1.807, 2.05) is 45.9 Å². The Kier molecular flexibility index (Phi) is 8.21. The van der Waals surface area contributed by atoms with E-state index in [-0.39, 0.29) is 35.4 Å². The molecule has 1 aromatic rings. The molecule has 1 rings (SSSR count). The van der Waals surface area contributed by atoms with Gasteiger partial charge in [0, 0.05) is 28.0 Å². The number of aliphatic imine (C=N–C) groups is 1. The lowest BCUT2D eigenvalue weighted by atomic mass is 10.0. The van der Waals surface area contributed by atoms with Crippen molar-refractivity contribution in [2.45, 2.75) is 39.2 Å². The molecule has 0 aromatic heterocycles. The number of nitrogens with zero attached hydrogens (tertiary/aromatic N) is 1. The van der Waals surface area contributed by atoms with Gasteiger partial charge < -0.3 is 11.1 Å². The highest BCUT2D eigenvalue weighted by Gasteiger charge is 2.14. The van der Waals surface area contributed by atoms with Crippen LogP contribution in [0.3, 0.4) is 0 Å². The first-order valence-corrected chi connectivity index (χ1v) is 6.98. The highest BCUT2D eigenvalue weighted by Crippen LogP contribution is 2.31. The van der Waals surface area contributed by atoms with Crippen molar-refractivity contribution in [3.63, 3.8) is 0 Å². The van der Waals surface area contributed by atoms with Gasteiger partial charge in [-0.15, -0.1) is 24.0 Å². The van der Waals surface area contributed by atoms with Gasteiger partial charge in [0.1, 0.15) is 0 Å². The van der Waals surface area contributed by atoms with Crippen molar-refractivity contribution in [3.8, 4) is 0 Å². The predicted molar refractivity (Wildman–Crippen MR) is 99.7 cm³/mol. The fourth-order valence-corrected chi connectivity index (χ4v) is 2.50. The van der Waals surface area contributed by atoms with Crippen LogP contribution in [0.4, 0.5) is 0 Å². The van der Waals surface area contributed by atoms with Crippen LogP contribution in [0.1, 0.15) is 39.2 Å². The van der Waals surface area contributed by atoms with Gasteiger partial charge in [0.25, 0.3) is 0 Å². The average molecular weight is 430 g/mol. The van der Waals surface area contributed by atoms with Gasteiger partial charge in [0.15, 0.2) is 5.96 Å². The molecule has 0 aliphatic carbocycles. The Morgan fingerprint density at radius 2 is 1.80 bits per heavy atom. The zero-order valence-electron chi connectivity index (χ0n) is 12.2. The number of guanidine groups is 1. The van der Waals surface area contributed by atoms with E-state index in [4.69, 9.17) is 28.9 Å². The highest BCUT2D eigenvalue weighted by atomic mass is 127. The first-order chi connectivity index (χ1) is 8.70. The molecule has 0 radical (unpaired) electrons. The average Bonchev–Trinajstić information content (AvgIpc) is 2.23. The molecule has 0 amide bonds. The Morgan fingerprint density at radius 3 is 2.25 bits per heavy atom. The van der Waals surface area contributed by atoms with Crippen LogP contribution < -0.4 is 11.1 Å². The van der Waals surface area contributed by atoms with E-state index in [1.165, 1.54) is 0 Å². The fraction of sp³-hybridized carbons (Fsp3) is 0.500. The molecular weight excluding hydrogens is 408 g/mol. The highest BCUT2D eigenvalue weighted by molar-refractivity contribution is 14.0. The molecular formula is C14H22Cl2IN3. The lowest BCUT2D eigenvalue weighted by molar-refractivity contribution is 0.507. The Bertz CT molecular complexity index is 450. The summed E-state index contributed by atoms with van der Waals surface area (Å²) in [5.41, 5.74) is 6.65. The number of benzene rings is 1. The number of nitrogens with one attached hydrogen (secondary N) is 1. The third-order valence-corrected chi connectivity index (χ3v) is 3.19. The Hall–Kier alpha value is -0.200. The zero-order chi connectivity index (χ0) is 14.6. The van der Waals surface area contributed by atoms with Crippen molar-refractivity contribution < 1.29 is 0 Å². The van der Waals surface area contributed by atoms with E-state index in [9.17, 15) is 0 Å². The van der Waals surface area contributed by atoms with Gasteiger partial charge >= 0.3 is 0 Å². The first kappa shape index (κ1) is 19.8. The Labute approximate surface area is 148 Å². The monoisotopic (exact) mass is 429 g/mol. The summed E-state index contributed by atoms with van der Waals surface area (Å²) in [6.07, 6.45) is 0. The molecule has 0 spiro atoms. The van der Waals surface area contributed by atoms with Gasteiger partial charge in [-0.1, -0.05) is 36.2 Å². The Morgan fingerprint density at radius 1 is 1.30 bits per heavy atom. The molecule has 0 saturated carbocycles. The summed E-state index contributed by atoms with van der Waals surface area (Å²) in [5, 5.41) is 4.45. The molecule has 3 N–H and O–H groups in total. The maximum Gasteiger partial charge on any atom is 0.189 e. The van der Waals surface area contributed by atoms with E-state index in [0.29, 0.717) is 22.5 Å². The van der Waals surface area contributed by atoms with Gasteiger partial charge in [0.05, 0.1) is 0 Å². The second-order valence-electron chi connectivity index (χ2n) is 5.64. The zero-order valence-corrected chi connectivity index (χ0v) is 16.0. The molecule has 1 unspecified atom stereocenters. The standard InChI is InChI=1S/C14H21Cl2N3.HI/c1-9(8-18-13(17)19-14(2,3)4)12-10(15)6-5-7-11(12)16;/h5-7,9H,8H2,1-4H3,(H3,17,18,19);1H. The van der Waals surface area contributed by atoms with Crippen LogP contribution >= 0.6 is 47.2 Å². The smallest absolute Gasteiger partial charge is 0.189 e. The largest absolute Gasteiger partial charge is 0.370 e. The Balaban J connectivity index is 0.00000361. The number of rotatable bonds is 3. The summed E-state index contributed by atoms with van der Waals surface area (Å²) in [6.45, 7) is 8.66. The van der Waals surface area contributed by atoms with Crippen molar-refractivity contribution in [1.29, 1.82) is 0 Å². The molecule has 0 saturated heterocycles. The topological polar surface area (TPSA) is 50.4 Å². The minimum absolute atomic E-state index is 0. The molecule has 0 bridgehead atoms. The van der Waals surface area contributed by atoms with Crippen LogP contribution in [0, 0.1) is 0 Å². The van der Waals surface area contributed by atoms with Crippen molar-refractivity contribution >= 4 is 53.1 Å². The second kappa shape index (κ2) is 8.29. The third-order valence-electron chi connectivity index (χ3n) is 2.53. The number of halogens is 3.